The van der Waals surface area contributed by atoms with Crippen LogP contribution in [0.1, 0.15) is 23.5 Å². The molecule has 0 aliphatic heterocycles. The maximum Gasteiger partial charge on any atom is 0.120 e. The molecule has 13 heavy (non-hydrogen) atoms. The molecule has 0 radical (unpaired) electrons. The highest BCUT2D eigenvalue weighted by atomic mass is 16.1. The molecule has 0 bridgehead atoms. The van der Waals surface area contributed by atoms with Gasteiger partial charge in [-0.2, -0.15) is 0 Å². The lowest BCUT2D eigenvalue weighted by Crippen LogP contribution is -2.12. The Hall–Kier alpha value is -1.15. The van der Waals surface area contributed by atoms with E-state index in [1.807, 2.05) is 31.2 Å². The summed E-state index contributed by atoms with van der Waals surface area (Å²) >= 11 is 0. The van der Waals surface area contributed by atoms with Crippen LogP contribution in [0.15, 0.2) is 24.3 Å². The van der Waals surface area contributed by atoms with E-state index in [9.17, 15) is 4.79 Å². The Balaban J connectivity index is 2.78. The van der Waals surface area contributed by atoms with Gasteiger partial charge in [0.25, 0.3) is 0 Å². The van der Waals surface area contributed by atoms with Gasteiger partial charge in [0, 0.05) is 12.3 Å². The molecule has 0 fully saturated rings. The average Bonchev–Trinajstić information content (AvgIpc) is 2.16. The van der Waals surface area contributed by atoms with Crippen molar-refractivity contribution in [2.24, 2.45) is 5.73 Å². The Morgan fingerprint density at radius 2 is 2.00 bits per heavy atom. The first-order valence-corrected chi connectivity index (χ1v) is 4.48. The number of nitrogens with two attached hydrogens (primary N) is 1. The van der Waals surface area contributed by atoms with Crippen molar-refractivity contribution in [2.45, 2.75) is 19.3 Å². The van der Waals surface area contributed by atoms with Crippen LogP contribution in [-0.4, -0.2) is 12.8 Å². The number of rotatable bonds is 4. The summed E-state index contributed by atoms with van der Waals surface area (Å²) in [6.07, 6.45) is 1.44. The summed E-state index contributed by atoms with van der Waals surface area (Å²) in [5.41, 5.74) is 7.95. The zero-order chi connectivity index (χ0) is 9.68. The van der Waals surface area contributed by atoms with Crippen LogP contribution in [0.5, 0.6) is 0 Å². The zero-order valence-electron chi connectivity index (χ0n) is 7.86. The molecule has 0 spiro atoms. The Labute approximate surface area is 78.8 Å². The molecule has 2 nitrogen and oxygen atoms in total. The molecule has 1 rings (SSSR count). The van der Waals surface area contributed by atoms with Crippen molar-refractivity contribution in [3.8, 4) is 0 Å². The molecule has 2 N–H and O–H groups in total. The number of carbonyl (C=O) groups is 1. The number of aryl methyl sites for hydroxylation is 1. The van der Waals surface area contributed by atoms with Crippen molar-refractivity contribution in [3.63, 3.8) is 0 Å². The zero-order valence-corrected chi connectivity index (χ0v) is 7.86. The van der Waals surface area contributed by atoms with Gasteiger partial charge in [-0.15, -0.1) is 0 Å². The minimum atomic E-state index is 0.179. The predicted molar refractivity (Wildman–Crippen MR) is 53.7 cm³/mol. The van der Waals surface area contributed by atoms with Crippen molar-refractivity contribution in [1.29, 1.82) is 0 Å². The van der Waals surface area contributed by atoms with Crippen molar-refractivity contribution in [3.05, 3.63) is 35.4 Å². The topological polar surface area (TPSA) is 43.1 Å². The Bertz CT molecular complexity index is 266. The minimum Gasteiger partial charge on any atom is -0.330 e. The first-order valence-electron chi connectivity index (χ1n) is 4.48. The molecule has 0 saturated heterocycles. The second-order valence-electron chi connectivity index (χ2n) is 3.25. The van der Waals surface area contributed by atoms with Crippen molar-refractivity contribution < 1.29 is 4.79 Å². The normalized spacial score (nSPS) is 12.5. The van der Waals surface area contributed by atoms with E-state index in [0.717, 1.165) is 11.8 Å². The van der Waals surface area contributed by atoms with Gasteiger partial charge in [0.2, 0.25) is 0 Å². The van der Waals surface area contributed by atoms with Crippen LogP contribution >= 0.6 is 0 Å². The van der Waals surface area contributed by atoms with Crippen LogP contribution in [0.4, 0.5) is 0 Å². The van der Waals surface area contributed by atoms with Gasteiger partial charge in [0.05, 0.1) is 0 Å². The van der Waals surface area contributed by atoms with E-state index in [0.29, 0.717) is 13.0 Å². The molecule has 0 aliphatic rings. The third-order valence-corrected chi connectivity index (χ3v) is 2.21. The van der Waals surface area contributed by atoms with Crippen molar-refractivity contribution >= 4 is 6.29 Å². The predicted octanol–water partition coefficient (Wildman–Crippen LogP) is 1.63. The molecule has 2 heteroatoms. The van der Waals surface area contributed by atoms with E-state index in [1.165, 1.54) is 5.56 Å². The van der Waals surface area contributed by atoms with Crippen LogP contribution in [0.3, 0.4) is 0 Å². The SMILES string of the molecule is Cc1ccc(C(CN)CC=O)cc1. The highest BCUT2D eigenvalue weighted by Gasteiger charge is 2.07. The quantitative estimate of drug-likeness (QED) is 0.710. The van der Waals surface area contributed by atoms with Gasteiger partial charge in [-0.25, -0.2) is 0 Å². The molecule has 1 aromatic rings. The van der Waals surface area contributed by atoms with Crippen LogP contribution in [-0.2, 0) is 4.79 Å². The molecule has 1 atom stereocenters. The standard InChI is InChI=1S/C11H15NO/c1-9-2-4-10(5-3-9)11(8-12)6-7-13/h2-5,7,11H,6,8,12H2,1H3. The highest BCUT2D eigenvalue weighted by Crippen LogP contribution is 2.17. The lowest BCUT2D eigenvalue weighted by Gasteiger charge is -2.11. The number of aldehydes is 1. The molecule has 0 aliphatic carbocycles. The van der Waals surface area contributed by atoms with Gasteiger partial charge in [0.15, 0.2) is 0 Å². The molecule has 0 heterocycles. The van der Waals surface area contributed by atoms with Gasteiger partial charge >= 0.3 is 0 Å². The average molecular weight is 177 g/mol. The number of benzene rings is 1. The first kappa shape index (κ1) is 9.93. The Morgan fingerprint density at radius 3 is 2.46 bits per heavy atom. The summed E-state index contributed by atoms with van der Waals surface area (Å²) in [5.74, 6) is 0.179. The minimum absolute atomic E-state index is 0.179. The van der Waals surface area contributed by atoms with E-state index >= 15 is 0 Å². The van der Waals surface area contributed by atoms with Crippen molar-refractivity contribution in [1.82, 2.24) is 0 Å². The van der Waals surface area contributed by atoms with E-state index in [2.05, 4.69) is 0 Å². The van der Waals surface area contributed by atoms with Crippen LogP contribution < -0.4 is 5.73 Å². The highest BCUT2D eigenvalue weighted by molar-refractivity contribution is 5.51. The lowest BCUT2D eigenvalue weighted by molar-refractivity contribution is -0.108. The van der Waals surface area contributed by atoms with Crippen molar-refractivity contribution in [2.75, 3.05) is 6.54 Å². The van der Waals surface area contributed by atoms with E-state index in [1.54, 1.807) is 0 Å². The molecule has 70 valence electrons. The van der Waals surface area contributed by atoms with Gasteiger partial charge in [0.1, 0.15) is 6.29 Å². The van der Waals surface area contributed by atoms with Crippen LogP contribution in [0.25, 0.3) is 0 Å². The maximum absolute atomic E-state index is 10.4. The van der Waals surface area contributed by atoms with Crippen LogP contribution in [0.2, 0.25) is 0 Å². The molecule has 1 unspecified atom stereocenters. The number of hydrogen-bond donors (Lipinski definition) is 1. The third-order valence-electron chi connectivity index (χ3n) is 2.21. The first-order chi connectivity index (χ1) is 6.27. The third kappa shape index (κ3) is 2.67. The van der Waals surface area contributed by atoms with Gasteiger partial charge < -0.3 is 10.5 Å². The molecular formula is C11H15NO. The van der Waals surface area contributed by atoms with Gasteiger partial charge in [-0.05, 0) is 19.0 Å². The van der Waals surface area contributed by atoms with Crippen LogP contribution in [0, 0.1) is 6.92 Å². The van der Waals surface area contributed by atoms with E-state index < -0.39 is 0 Å². The fraction of sp³-hybridized carbons (Fsp3) is 0.364. The molecule has 1 aromatic carbocycles. The molecule has 0 saturated carbocycles. The van der Waals surface area contributed by atoms with E-state index in [4.69, 9.17) is 5.73 Å². The Morgan fingerprint density at radius 1 is 1.38 bits per heavy atom. The monoisotopic (exact) mass is 177 g/mol. The fourth-order valence-electron chi connectivity index (χ4n) is 1.32. The maximum atomic E-state index is 10.4. The summed E-state index contributed by atoms with van der Waals surface area (Å²) in [7, 11) is 0. The van der Waals surface area contributed by atoms with Gasteiger partial charge in [-0.3, -0.25) is 0 Å². The number of hydrogen-bond acceptors (Lipinski definition) is 2. The summed E-state index contributed by atoms with van der Waals surface area (Å²) in [6, 6.07) is 8.16. The second kappa shape index (κ2) is 4.77. The molecule has 0 amide bonds. The lowest BCUT2D eigenvalue weighted by atomic mass is 9.96. The summed E-state index contributed by atoms with van der Waals surface area (Å²) in [5, 5.41) is 0. The Kier molecular flexibility index (Phi) is 3.65. The molecular weight excluding hydrogens is 162 g/mol. The van der Waals surface area contributed by atoms with E-state index in [-0.39, 0.29) is 5.92 Å². The smallest absolute Gasteiger partial charge is 0.120 e. The number of carbonyl (C=O) groups excluding carboxylic acids is 1. The molecule has 0 aromatic heterocycles. The summed E-state index contributed by atoms with van der Waals surface area (Å²) in [4.78, 5) is 10.4. The largest absolute Gasteiger partial charge is 0.330 e. The fourth-order valence-corrected chi connectivity index (χ4v) is 1.32. The summed E-state index contributed by atoms with van der Waals surface area (Å²) < 4.78 is 0. The van der Waals surface area contributed by atoms with Gasteiger partial charge in [-0.1, -0.05) is 29.8 Å². The second-order valence-corrected chi connectivity index (χ2v) is 3.25. The summed E-state index contributed by atoms with van der Waals surface area (Å²) in [6.45, 7) is 2.57.